The summed E-state index contributed by atoms with van der Waals surface area (Å²) in [4.78, 5) is 31.3. The highest BCUT2D eigenvalue weighted by Gasteiger charge is 2.43. The molecular formula is C19H22N2O4S. The molecule has 0 saturated carbocycles. The van der Waals surface area contributed by atoms with Crippen LogP contribution >= 0.6 is 11.8 Å². The number of hydrogen-bond acceptors (Lipinski definition) is 6. The second-order valence-corrected chi connectivity index (χ2v) is 7.25. The van der Waals surface area contributed by atoms with E-state index in [-0.39, 0.29) is 12.0 Å². The first-order chi connectivity index (χ1) is 12.4. The third-order valence-corrected chi connectivity index (χ3v) is 4.99. The van der Waals surface area contributed by atoms with Crippen LogP contribution < -0.4 is 4.74 Å². The van der Waals surface area contributed by atoms with Crippen LogP contribution in [0.1, 0.15) is 39.3 Å². The molecular weight excluding hydrogens is 352 g/mol. The molecule has 2 aliphatic heterocycles. The molecule has 7 heteroatoms. The molecule has 3 rings (SSSR count). The van der Waals surface area contributed by atoms with E-state index in [0.29, 0.717) is 28.8 Å². The van der Waals surface area contributed by atoms with Crippen LogP contribution in [0.4, 0.5) is 0 Å². The van der Waals surface area contributed by atoms with Crippen molar-refractivity contribution in [2.24, 2.45) is 4.99 Å². The Morgan fingerprint density at radius 1 is 1.35 bits per heavy atom. The van der Waals surface area contributed by atoms with E-state index < -0.39 is 12.0 Å². The maximum absolute atomic E-state index is 12.7. The predicted molar refractivity (Wildman–Crippen MR) is 101 cm³/mol. The van der Waals surface area contributed by atoms with Crippen molar-refractivity contribution in [3.8, 4) is 5.75 Å². The fraction of sp³-hybridized carbons (Fsp3) is 0.421. The number of aliphatic imine (C=N–C) groups is 1. The number of carbonyl (C=O) groups excluding carboxylic acids is 2. The highest BCUT2D eigenvalue weighted by molar-refractivity contribution is 8.15. The molecule has 1 aromatic rings. The average Bonchev–Trinajstić information content (AvgIpc) is 2.94. The molecule has 0 aromatic heterocycles. The van der Waals surface area contributed by atoms with Crippen molar-refractivity contribution in [2.75, 3.05) is 12.4 Å². The smallest absolute Gasteiger partial charge is 0.338 e. The molecule has 0 aliphatic carbocycles. The van der Waals surface area contributed by atoms with Gasteiger partial charge in [0, 0.05) is 0 Å². The summed E-state index contributed by atoms with van der Waals surface area (Å²) in [5.41, 5.74) is 1.82. The van der Waals surface area contributed by atoms with Gasteiger partial charge in [0.05, 0.1) is 35.8 Å². The summed E-state index contributed by atoms with van der Waals surface area (Å²) in [5.74, 6) is 0.570. The number of carbonyl (C=O) groups is 2. The van der Waals surface area contributed by atoms with Crippen molar-refractivity contribution in [1.82, 2.24) is 4.90 Å². The molecule has 1 atom stereocenters. The Hall–Kier alpha value is -2.28. The molecule has 0 radical (unpaired) electrons. The minimum atomic E-state index is -0.535. The zero-order valence-electron chi connectivity index (χ0n) is 15.3. The topological polar surface area (TPSA) is 68.2 Å². The van der Waals surface area contributed by atoms with Gasteiger partial charge in [-0.3, -0.25) is 9.69 Å². The zero-order valence-corrected chi connectivity index (χ0v) is 16.1. The first-order valence-corrected chi connectivity index (χ1v) is 9.59. The maximum Gasteiger partial charge on any atom is 0.338 e. The highest BCUT2D eigenvalue weighted by atomic mass is 32.2. The molecule has 1 unspecified atom stereocenters. The number of nitrogens with zero attached hydrogens (tertiary/aromatic N) is 2. The van der Waals surface area contributed by atoms with Gasteiger partial charge in [0.15, 0.2) is 5.17 Å². The van der Waals surface area contributed by atoms with Crippen LogP contribution in [0.3, 0.4) is 0 Å². The lowest BCUT2D eigenvalue weighted by molar-refractivity contribution is -0.143. The van der Waals surface area contributed by atoms with Gasteiger partial charge in [-0.1, -0.05) is 23.9 Å². The van der Waals surface area contributed by atoms with E-state index in [1.165, 1.54) is 11.8 Å². The van der Waals surface area contributed by atoms with Crippen molar-refractivity contribution in [3.05, 3.63) is 41.1 Å². The van der Waals surface area contributed by atoms with Crippen LogP contribution in [-0.2, 0) is 14.3 Å². The lowest BCUT2D eigenvalue weighted by Gasteiger charge is -2.33. The fourth-order valence-electron chi connectivity index (χ4n) is 3.01. The van der Waals surface area contributed by atoms with Crippen LogP contribution in [0, 0.1) is 0 Å². The number of thioether (sulfide) groups is 1. The Morgan fingerprint density at radius 3 is 2.65 bits per heavy atom. The molecule has 0 bridgehead atoms. The minimum Gasteiger partial charge on any atom is -0.494 e. The summed E-state index contributed by atoms with van der Waals surface area (Å²) in [6.45, 7) is 7.88. The second-order valence-electron chi connectivity index (χ2n) is 6.30. The summed E-state index contributed by atoms with van der Waals surface area (Å²) in [6.07, 6.45) is -0.252. The normalized spacial score (nSPS) is 19.6. The van der Waals surface area contributed by atoms with Gasteiger partial charge in [-0.15, -0.1) is 0 Å². The van der Waals surface area contributed by atoms with Gasteiger partial charge in [-0.25, -0.2) is 9.79 Å². The van der Waals surface area contributed by atoms with E-state index >= 15 is 0 Å². The number of amides is 1. The standard InChI is InChI=1S/C19H22N2O4S/c1-5-24-14-8-6-13(7-9-14)17-16(18(23)25-11(2)3)12(4)20-19-21(17)15(22)10-26-19/h6-9,11,17H,5,10H2,1-4H3. The Kier molecular flexibility index (Phi) is 5.36. The monoisotopic (exact) mass is 374 g/mol. The Morgan fingerprint density at radius 2 is 2.04 bits per heavy atom. The number of fused-ring (bicyclic) bond motifs is 1. The van der Waals surface area contributed by atoms with Crippen LogP contribution in [0.5, 0.6) is 5.75 Å². The maximum atomic E-state index is 12.7. The van der Waals surface area contributed by atoms with Gasteiger partial charge in [0.25, 0.3) is 0 Å². The molecule has 1 fully saturated rings. The molecule has 0 spiro atoms. The molecule has 1 saturated heterocycles. The van der Waals surface area contributed by atoms with Crippen LogP contribution in [-0.4, -0.2) is 40.4 Å². The number of rotatable bonds is 5. The number of benzene rings is 1. The number of ether oxygens (including phenoxy) is 2. The van der Waals surface area contributed by atoms with Crippen molar-refractivity contribution < 1.29 is 19.1 Å². The lowest BCUT2D eigenvalue weighted by Crippen LogP contribution is -2.40. The summed E-state index contributed by atoms with van der Waals surface area (Å²) in [6, 6.07) is 6.92. The average molecular weight is 374 g/mol. The van der Waals surface area contributed by atoms with Gasteiger partial charge in [0.1, 0.15) is 5.75 Å². The van der Waals surface area contributed by atoms with Gasteiger partial charge in [-0.05, 0) is 45.4 Å². The summed E-state index contributed by atoms with van der Waals surface area (Å²) in [5, 5.41) is 0.632. The third kappa shape index (κ3) is 3.49. The summed E-state index contributed by atoms with van der Waals surface area (Å²) < 4.78 is 10.9. The molecule has 1 amide bonds. The summed E-state index contributed by atoms with van der Waals surface area (Å²) in [7, 11) is 0. The molecule has 138 valence electrons. The lowest BCUT2D eigenvalue weighted by atomic mass is 9.94. The molecule has 2 heterocycles. The first-order valence-electron chi connectivity index (χ1n) is 8.60. The highest BCUT2D eigenvalue weighted by Crippen LogP contribution is 2.41. The van der Waals surface area contributed by atoms with Crippen molar-refractivity contribution in [3.63, 3.8) is 0 Å². The van der Waals surface area contributed by atoms with Crippen molar-refractivity contribution in [2.45, 2.75) is 39.8 Å². The largest absolute Gasteiger partial charge is 0.494 e. The Bertz CT molecular complexity index is 783. The minimum absolute atomic E-state index is 0.0602. The quantitative estimate of drug-likeness (QED) is 0.740. The van der Waals surface area contributed by atoms with E-state index in [4.69, 9.17) is 9.47 Å². The first kappa shape index (κ1) is 18.5. The van der Waals surface area contributed by atoms with Crippen LogP contribution in [0.25, 0.3) is 0 Å². The van der Waals surface area contributed by atoms with Gasteiger partial charge in [-0.2, -0.15) is 0 Å². The zero-order chi connectivity index (χ0) is 18.8. The van der Waals surface area contributed by atoms with E-state index in [0.717, 1.165) is 11.3 Å². The van der Waals surface area contributed by atoms with Gasteiger partial charge < -0.3 is 9.47 Å². The van der Waals surface area contributed by atoms with E-state index in [1.807, 2.05) is 31.2 Å². The molecule has 6 nitrogen and oxygen atoms in total. The number of amidine groups is 1. The fourth-order valence-corrected chi connectivity index (χ4v) is 3.95. The summed E-state index contributed by atoms with van der Waals surface area (Å²) >= 11 is 1.39. The molecule has 2 aliphatic rings. The number of esters is 1. The van der Waals surface area contributed by atoms with E-state index in [2.05, 4.69) is 4.99 Å². The second kappa shape index (κ2) is 7.53. The molecule has 0 N–H and O–H groups in total. The third-order valence-electron chi connectivity index (χ3n) is 4.05. The predicted octanol–water partition coefficient (Wildman–Crippen LogP) is 3.30. The molecule has 26 heavy (non-hydrogen) atoms. The van der Waals surface area contributed by atoms with E-state index in [1.54, 1.807) is 25.7 Å². The van der Waals surface area contributed by atoms with Crippen molar-refractivity contribution >= 4 is 28.8 Å². The number of allylic oxidation sites excluding steroid dienone is 1. The van der Waals surface area contributed by atoms with Crippen molar-refractivity contribution in [1.29, 1.82) is 0 Å². The number of hydrogen-bond donors (Lipinski definition) is 0. The van der Waals surface area contributed by atoms with Gasteiger partial charge >= 0.3 is 5.97 Å². The SMILES string of the molecule is CCOc1ccc(C2C(C(=O)OC(C)C)=C(C)N=C3SCC(=O)N32)cc1. The Labute approximate surface area is 157 Å². The Balaban J connectivity index is 2.05. The molecule has 1 aromatic carbocycles. The van der Waals surface area contributed by atoms with Crippen LogP contribution in [0.2, 0.25) is 0 Å². The van der Waals surface area contributed by atoms with E-state index in [9.17, 15) is 9.59 Å². The van der Waals surface area contributed by atoms with Gasteiger partial charge in [0.2, 0.25) is 5.91 Å². The van der Waals surface area contributed by atoms with Crippen LogP contribution in [0.15, 0.2) is 40.5 Å².